The fourth-order valence-corrected chi connectivity index (χ4v) is 3.33. The van der Waals surface area contributed by atoms with Gasteiger partial charge in [0, 0.05) is 38.3 Å². The smallest absolute Gasteiger partial charge is 0.253 e. The van der Waals surface area contributed by atoms with Crippen LogP contribution in [0.4, 0.5) is 0 Å². The summed E-state index contributed by atoms with van der Waals surface area (Å²) in [5.41, 5.74) is 5.06. The number of benzene rings is 2. The second-order valence-electron chi connectivity index (χ2n) is 7.03. The van der Waals surface area contributed by atoms with Gasteiger partial charge < -0.3 is 4.90 Å². The van der Waals surface area contributed by atoms with Gasteiger partial charge in [0.2, 0.25) is 0 Å². The Morgan fingerprint density at radius 2 is 1.77 bits per heavy atom. The van der Waals surface area contributed by atoms with Gasteiger partial charge in [-0.25, -0.2) is 0 Å². The van der Waals surface area contributed by atoms with E-state index in [-0.39, 0.29) is 5.91 Å². The first-order chi connectivity index (χ1) is 12.6. The van der Waals surface area contributed by atoms with Gasteiger partial charge in [-0.3, -0.25) is 9.69 Å². The number of carbonyl (C=O) groups is 1. The quantitative estimate of drug-likeness (QED) is 0.853. The van der Waals surface area contributed by atoms with Crippen molar-refractivity contribution >= 4 is 5.91 Å². The van der Waals surface area contributed by atoms with Crippen molar-refractivity contribution in [1.29, 1.82) is 5.26 Å². The van der Waals surface area contributed by atoms with Crippen LogP contribution in [-0.2, 0) is 6.54 Å². The second kappa shape index (κ2) is 8.16. The van der Waals surface area contributed by atoms with Crippen molar-refractivity contribution in [2.24, 2.45) is 0 Å². The summed E-state index contributed by atoms with van der Waals surface area (Å²) in [7, 11) is 0. The van der Waals surface area contributed by atoms with Gasteiger partial charge in [-0.05, 0) is 61.2 Å². The summed E-state index contributed by atoms with van der Waals surface area (Å²) in [4.78, 5) is 17.2. The predicted octanol–water partition coefficient (Wildman–Crippen LogP) is 3.52. The maximum absolute atomic E-state index is 12.8. The minimum atomic E-state index is 0.133. The van der Waals surface area contributed by atoms with Crippen LogP contribution in [0.15, 0.2) is 42.5 Å². The summed E-state index contributed by atoms with van der Waals surface area (Å²) in [6.45, 7) is 8.38. The normalized spacial score (nSPS) is 15.3. The Morgan fingerprint density at radius 1 is 1.00 bits per heavy atom. The summed E-state index contributed by atoms with van der Waals surface area (Å²) >= 11 is 0. The van der Waals surface area contributed by atoms with E-state index in [1.807, 2.05) is 54.3 Å². The van der Waals surface area contributed by atoms with E-state index >= 15 is 0 Å². The van der Waals surface area contributed by atoms with Crippen molar-refractivity contribution in [3.05, 3.63) is 70.3 Å². The van der Waals surface area contributed by atoms with Gasteiger partial charge in [0.25, 0.3) is 5.91 Å². The minimum Gasteiger partial charge on any atom is -0.337 e. The first-order valence-electron chi connectivity index (χ1n) is 9.15. The highest BCUT2D eigenvalue weighted by molar-refractivity contribution is 5.94. The van der Waals surface area contributed by atoms with Crippen molar-refractivity contribution in [2.45, 2.75) is 26.8 Å². The highest BCUT2D eigenvalue weighted by Gasteiger charge is 2.20. The lowest BCUT2D eigenvalue weighted by Gasteiger charge is -2.22. The van der Waals surface area contributed by atoms with E-state index in [1.165, 1.54) is 11.1 Å². The van der Waals surface area contributed by atoms with Crippen LogP contribution in [0.1, 0.15) is 39.0 Å². The Morgan fingerprint density at radius 3 is 2.46 bits per heavy atom. The molecule has 4 nitrogen and oxygen atoms in total. The van der Waals surface area contributed by atoms with Gasteiger partial charge >= 0.3 is 0 Å². The lowest BCUT2D eigenvalue weighted by atomic mass is 10.1. The molecule has 4 heteroatoms. The summed E-state index contributed by atoms with van der Waals surface area (Å²) in [6.07, 6.45) is 0.979. The summed E-state index contributed by atoms with van der Waals surface area (Å²) in [5, 5.41) is 8.90. The summed E-state index contributed by atoms with van der Waals surface area (Å²) in [5.74, 6) is 0.133. The minimum absolute atomic E-state index is 0.133. The molecule has 1 amide bonds. The Bertz CT molecular complexity index is 820. The van der Waals surface area contributed by atoms with E-state index in [2.05, 4.69) is 17.9 Å². The molecule has 2 aromatic carbocycles. The Balaban J connectivity index is 1.61. The molecule has 0 bridgehead atoms. The number of nitrogens with zero attached hydrogens (tertiary/aromatic N) is 3. The molecular weight excluding hydrogens is 322 g/mol. The third kappa shape index (κ3) is 4.30. The van der Waals surface area contributed by atoms with Crippen LogP contribution < -0.4 is 0 Å². The molecule has 0 N–H and O–H groups in total. The molecule has 0 radical (unpaired) electrons. The number of amides is 1. The van der Waals surface area contributed by atoms with Crippen LogP contribution in [0.2, 0.25) is 0 Å². The zero-order valence-corrected chi connectivity index (χ0v) is 15.5. The first-order valence-corrected chi connectivity index (χ1v) is 9.15. The van der Waals surface area contributed by atoms with Crippen LogP contribution in [0, 0.1) is 25.2 Å². The standard InChI is InChI=1S/C22H25N3O/c1-17-4-9-21(14-18(17)2)22(26)25-11-3-10-24(12-13-25)16-20-7-5-19(15-23)6-8-20/h4-9,14H,3,10-13,16H2,1-2H3. The van der Waals surface area contributed by atoms with Crippen molar-refractivity contribution in [3.63, 3.8) is 0 Å². The average molecular weight is 347 g/mol. The Labute approximate surface area is 155 Å². The van der Waals surface area contributed by atoms with Gasteiger partial charge in [0.1, 0.15) is 0 Å². The average Bonchev–Trinajstić information content (AvgIpc) is 2.89. The molecule has 1 aliphatic heterocycles. The molecule has 0 aliphatic carbocycles. The molecule has 26 heavy (non-hydrogen) atoms. The molecule has 0 saturated carbocycles. The van der Waals surface area contributed by atoms with E-state index in [1.54, 1.807) is 0 Å². The zero-order chi connectivity index (χ0) is 18.5. The van der Waals surface area contributed by atoms with E-state index in [0.29, 0.717) is 5.56 Å². The van der Waals surface area contributed by atoms with Crippen LogP contribution in [0.5, 0.6) is 0 Å². The molecule has 1 heterocycles. The Kier molecular flexibility index (Phi) is 5.70. The van der Waals surface area contributed by atoms with Crippen LogP contribution in [-0.4, -0.2) is 41.9 Å². The number of carbonyl (C=O) groups excluding carboxylic acids is 1. The molecule has 0 aromatic heterocycles. The van der Waals surface area contributed by atoms with E-state index in [0.717, 1.165) is 50.3 Å². The first kappa shape index (κ1) is 18.2. The van der Waals surface area contributed by atoms with Crippen molar-refractivity contribution in [3.8, 4) is 6.07 Å². The fourth-order valence-electron chi connectivity index (χ4n) is 3.33. The largest absolute Gasteiger partial charge is 0.337 e. The lowest BCUT2D eigenvalue weighted by molar-refractivity contribution is 0.0761. The van der Waals surface area contributed by atoms with Gasteiger partial charge in [0.15, 0.2) is 0 Å². The molecule has 1 fully saturated rings. The summed E-state index contributed by atoms with van der Waals surface area (Å²) < 4.78 is 0. The number of aryl methyl sites for hydroxylation is 2. The van der Waals surface area contributed by atoms with Crippen LogP contribution in [0.25, 0.3) is 0 Å². The van der Waals surface area contributed by atoms with Gasteiger partial charge in [0.05, 0.1) is 11.6 Å². The van der Waals surface area contributed by atoms with E-state index in [9.17, 15) is 4.79 Å². The molecule has 1 saturated heterocycles. The second-order valence-corrected chi connectivity index (χ2v) is 7.03. The van der Waals surface area contributed by atoms with Crippen molar-refractivity contribution < 1.29 is 4.79 Å². The molecule has 3 rings (SSSR count). The molecule has 2 aromatic rings. The summed E-state index contributed by atoms with van der Waals surface area (Å²) in [6, 6.07) is 15.9. The highest BCUT2D eigenvalue weighted by Crippen LogP contribution is 2.15. The van der Waals surface area contributed by atoms with E-state index < -0.39 is 0 Å². The van der Waals surface area contributed by atoms with Crippen molar-refractivity contribution in [2.75, 3.05) is 26.2 Å². The van der Waals surface area contributed by atoms with Crippen LogP contribution in [0.3, 0.4) is 0 Å². The van der Waals surface area contributed by atoms with E-state index in [4.69, 9.17) is 5.26 Å². The fraction of sp³-hybridized carbons (Fsp3) is 0.364. The maximum Gasteiger partial charge on any atom is 0.253 e. The molecule has 0 atom stereocenters. The topological polar surface area (TPSA) is 47.3 Å². The molecular formula is C22H25N3O. The van der Waals surface area contributed by atoms with Gasteiger partial charge in [-0.2, -0.15) is 5.26 Å². The van der Waals surface area contributed by atoms with Gasteiger partial charge in [-0.15, -0.1) is 0 Å². The zero-order valence-electron chi connectivity index (χ0n) is 15.5. The van der Waals surface area contributed by atoms with Gasteiger partial charge in [-0.1, -0.05) is 18.2 Å². The maximum atomic E-state index is 12.8. The molecule has 1 aliphatic rings. The number of rotatable bonds is 3. The molecule has 134 valence electrons. The van der Waals surface area contributed by atoms with Crippen molar-refractivity contribution in [1.82, 2.24) is 9.80 Å². The van der Waals surface area contributed by atoms with Crippen LogP contribution >= 0.6 is 0 Å². The Hall–Kier alpha value is -2.64. The lowest BCUT2D eigenvalue weighted by Crippen LogP contribution is -2.35. The molecule has 0 unspecified atom stereocenters. The molecule has 0 spiro atoms. The third-order valence-electron chi connectivity index (χ3n) is 5.12. The third-order valence-corrected chi connectivity index (χ3v) is 5.12. The SMILES string of the molecule is Cc1ccc(C(=O)N2CCCN(Cc3ccc(C#N)cc3)CC2)cc1C. The number of hydrogen-bond donors (Lipinski definition) is 0. The monoisotopic (exact) mass is 347 g/mol. The predicted molar refractivity (Wildman–Crippen MR) is 103 cm³/mol. The highest BCUT2D eigenvalue weighted by atomic mass is 16.2. The number of nitriles is 1. The number of hydrogen-bond acceptors (Lipinski definition) is 3.